The number of hydrogen-bond donors (Lipinski definition) is 1. The first kappa shape index (κ1) is 20.4. The zero-order valence-electron chi connectivity index (χ0n) is 18.6. The van der Waals surface area contributed by atoms with E-state index in [1.807, 2.05) is 33.5 Å². The van der Waals surface area contributed by atoms with Gasteiger partial charge >= 0.3 is 0 Å². The Hall–Kier alpha value is -3.26. The van der Waals surface area contributed by atoms with E-state index in [0.29, 0.717) is 50.9 Å². The normalized spacial score (nSPS) is 21.8. The van der Waals surface area contributed by atoms with Crippen LogP contribution in [-0.4, -0.2) is 56.3 Å². The van der Waals surface area contributed by atoms with Gasteiger partial charge in [0.05, 0.1) is 6.54 Å². The molecular weight excluding hydrogens is 416 g/mol. The summed E-state index contributed by atoms with van der Waals surface area (Å²) in [5, 5.41) is 8.14. The quantitative estimate of drug-likeness (QED) is 0.661. The summed E-state index contributed by atoms with van der Waals surface area (Å²) in [6, 6.07) is 13.9. The van der Waals surface area contributed by atoms with E-state index in [1.54, 1.807) is 11.0 Å². The van der Waals surface area contributed by atoms with Crippen LogP contribution in [0.5, 0.6) is 0 Å². The van der Waals surface area contributed by atoms with Crippen molar-refractivity contribution in [3.8, 4) is 0 Å². The lowest BCUT2D eigenvalue weighted by Gasteiger charge is -2.37. The molecule has 1 aromatic carbocycles. The minimum Gasteiger partial charge on any atom is -0.336 e. The molecule has 0 unspecified atom stereocenters. The van der Waals surface area contributed by atoms with Gasteiger partial charge in [0.2, 0.25) is 0 Å². The number of carbonyl (C=O) groups excluding carboxylic acids is 1. The van der Waals surface area contributed by atoms with Crippen LogP contribution in [0.1, 0.15) is 45.6 Å². The fourth-order valence-corrected chi connectivity index (χ4v) is 5.53. The second-order valence-electron chi connectivity index (χ2n) is 9.42. The Morgan fingerprint density at radius 2 is 1.94 bits per heavy atom. The van der Waals surface area contributed by atoms with Gasteiger partial charge in [0.15, 0.2) is 5.82 Å². The molecule has 2 bridgehead atoms. The number of carbonyl (C=O) groups is 1. The minimum atomic E-state index is -0.181. The lowest BCUT2D eigenvalue weighted by atomic mass is 9.84. The van der Waals surface area contributed by atoms with E-state index in [1.165, 1.54) is 5.56 Å². The molecule has 33 heavy (non-hydrogen) atoms. The summed E-state index contributed by atoms with van der Waals surface area (Å²) in [6.07, 6.45) is 2.46. The molecule has 3 aliphatic heterocycles. The fourth-order valence-electron chi connectivity index (χ4n) is 5.53. The third-order valence-electron chi connectivity index (χ3n) is 7.21. The molecule has 0 saturated carbocycles. The highest BCUT2D eigenvalue weighted by Crippen LogP contribution is 2.31. The van der Waals surface area contributed by atoms with Gasteiger partial charge < -0.3 is 14.8 Å². The molecule has 2 aromatic heterocycles. The van der Waals surface area contributed by atoms with Gasteiger partial charge in [-0.1, -0.05) is 30.3 Å². The second kappa shape index (κ2) is 8.26. The Balaban J connectivity index is 1.18. The first-order chi connectivity index (χ1) is 16.2. The summed E-state index contributed by atoms with van der Waals surface area (Å²) in [4.78, 5) is 33.1. The Bertz CT molecular complexity index is 1220. The highest BCUT2D eigenvalue weighted by atomic mass is 16.2. The summed E-state index contributed by atoms with van der Waals surface area (Å²) < 4.78 is 3.77. The van der Waals surface area contributed by atoms with Gasteiger partial charge in [-0.25, -0.2) is 9.67 Å². The number of fused-ring (bicyclic) bond motifs is 5. The summed E-state index contributed by atoms with van der Waals surface area (Å²) in [7, 11) is 0. The zero-order chi connectivity index (χ0) is 22.4. The number of nitrogens with zero attached hydrogens (tertiary/aromatic N) is 5. The van der Waals surface area contributed by atoms with Crippen LogP contribution in [0.25, 0.3) is 0 Å². The molecule has 1 amide bonds. The lowest BCUT2D eigenvalue weighted by molar-refractivity contribution is 0.0755. The van der Waals surface area contributed by atoms with Crippen molar-refractivity contribution >= 4 is 5.91 Å². The van der Waals surface area contributed by atoms with Crippen LogP contribution in [0.2, 0.25) is 0 Å². The third-order valence-corrected chi connectivity index (χ3v) is 7.21. The van der Waals surface area contributed by atoms with E-state index in [9.17, 15) is 9.59 Å². The van der Waals surface area contributed by atoms with Gasteiger partial charge in [-0.3, -0.25) is 9.59 Å². The van der Waals surface area contributed by atoms with Crippen molar-refractivity contribution in [1.82, 2.24) is 29.5 Å². The maximum atomic E-state index is 13.3. The number of amides is 1. The first-order valence-corrected chi connectivity index (χ1v) is 11.9. The topological polar surface area (TPSA) is 85.1 Å². The molecule has 1 fully saturated rings. The molecule has 170 valence electrons. The molecule has 1 N–H and O–H groups in total. The molecule has 6 rings (SSSR count). The summed E-state index contributed by atoms with van der Waals surface area (Å²) >= 11 is 0. The zero-order valence-corrected chi connectivity index (χ0v) is 18.6. The summed E-state index contributed by atoms with van der Waals surface area (Å²) in [6.45, 7) is 4.19. The SMILES string of the molecule is O=C(c1ccc2n(c1=O)C[C@@H]1CNC[C@H]2C1)N1CCc2nc(Cc3ccccc3)nn2CC1. The van der Waals surface area contributed by atoms with E-state index in [-0.39, 0.29) is 17.0 Å². The molecule has 3 aliphatic rings. The van der Waals surface area contributed by atoms with E-state index < -0.39 is 0 Å². The van der Waals surface area contributed by atoms with Gasteiger partial charge in [0.1, 0.15) is 11.4 Å². The van der Waals surface area contributed by atoms with Crippen LogP contribution in [0.4, 0.5) is 0 Å². The number of nitrogens with one attached hydrogen (secondary N) is 1. The molecule has 0 spiro atoms. The van der Waals surface area contributed by atoms with Crippen LogP contribution < -0.4 is 10.9 Å². The van der Waals surface area contributed by atoms with E-state index in [4.69, 9.17) is 4.98 Å². The van der Waals surface area contributed by atoms with E-state index in [2.05, 4.69) is 22.5 Å². The lowest BCUT2D eigenvalue weighted by Crippen LogP contribution is -2.46. The number of benzene rings is 1. The Morgan fingerprint density at radius 3 is 2.82 bits per heavy atom. The second-order valence-corrected chi connectivity index (χ2v) is 9.42. The van der Waals surface area contributed by atoms with Crippen molar-refractivity contribution in [2.45, 2.75) is 38.3 Å². The smallest absolute Gasteiger partial charge is 0.263 e. The van der Waals surface area contributed by atoms with Crippen LogP contribution in [-0.2, 0) is 25.9 Å². The van der Waals surface area contributed by atoms with Crippen molar-refractivity contribution in [2.75, 3.05) is 26.2 Å². The van der Waals surface area contributed by atoms with E-state index >= 15 is 0 Å². The maximum Gasteiger partial charge on any atom is 0.263 e. The van der Waals surface area contributed by atoms with Gasteiger partial charge in [-0.15, -0.1) is 0 Å². The minimum absolute atomic E-state index is 0.139. The van der Waals surface area contributed by atoms with Crippen LogP contribution >= 0.6 is 0 Å². The maximum absolute atomic E-state index is 13.3. The van der Waals surface area contributed by atoms with Gasteiger partial charge in [0, 0.05) is 50.6 Å². The molecule has 0 aliphatic carbocycles. The monoisotopic (exact) mass is 444 g/mol. The summed E-state index contributed by atoms with van der Waals surface area (Å²) in [5.41, 5.74) is 2.39. The highest BCUT2D eigenvalue weighted by Gasteiger charge is 2.32. The Kier molecular flexibility index (Phi) is 5.10. The first-order valence-electron chi connectivity index (χ1n) is 11.9. The molecule has 3 aromatic rings. The largest absolute Gasteiger partial charge is 0.336 e. The van der Waals surface area contributed by atoms with Crippen LogP contribution in [0.15, 0.2) is 47.3 Å². The molecule has 8 heteroatoms. The number of piperidine rings is 1. The predicted molar refractivity (Wildman–Crippen MR) is 123 cm³/mol. The van der Waals surface area contributed by atoms with E-state index in [0.717, 1.165) is 36.9 Å². The Labute approximate surface area is 192 Å². The van der Waals surface area contributed by atoms with Crippen molar-refractivity contribution < 1.29 is 4.79 Å². The summed E-state index contributed by atoms with van der Waals surface area (Å²) in [5.74, 6) is 2.35. The third kappa shape index (κ3) is 3.78. The van der Waals surface area contributed by atoms with Crippen molar-refractivity contribution in [1.29, 1.82) is 0 Å². The molecule has 0 radical (unpaired) electrons. The van der Waals surface area contributed by atoms with Crippen LogP contribution in [0.3, 0.4) is 0 Å². The Morgan fingerprint density at radius 1 is 1.06 bits per heavy atom. The van der Waals surface area contributed by atoms with Gasteiger partial charge in [-0.05, 0) is 36.6 Å². The van der Waals surface area contributed by atoms with Crippen molar-refractivity contribution in [3.63, 3.8) is 0 Å². The van der Waals surface area contributed by atoms with Crippen molar-refractivity contribution in [2.24, 2.45) is 5.92 Å². The number of aromatic nitrogens is 4. The predicted octanol–water partition coefficient (Wildman–Crippen LogP) is 1.44. The van der Waals surface area contributed by atoms with Gasteiger partial charge in [0.25, 0.3) is 11.5 Å². The molecule has 1 saturated heterocycles. The molecule has 2 atom stereocenters. The highest BCUT2D eigenvalue weighted by molar-refractivity contribution is 5.94. The van der Waals surface area contributed by atoms with Crippen molar-refractivity contribution in [3.05, 3.63) is 81.3 Å². The molecule has 8 nitrogen and oxygen atoms in total. The number of hydrogen-bond acceptors (Lipinski definition) is 5. The standard InChI is InChI=1S/C25H28N6O2/c32-24(20-6-7-21-19-12-18(14-26-15-19)16-30(21)25(20)33)29-9-8-23-27-22(28-31(23)11-10-29)13-17-4-2-1-3-5-17/h1-7,18-19,26H,8-16H2/t18-,19+/m0/s1. The number of rotatable bonds is 3. The molecule has 5 heterocycles. The fraction of sp³-hybridized carbons (Fsp3) is 0.440. The molecular formula is C25H28N6O2. The number of pyridine rings is 1. The average Bonchev–Trinajstić information content (AvgIpc) is 3.10. The van der Waals surface area contributed by atoms with Crippen LogP contribution in [0, 0.1) is 5.92 Å². The average molecular weight is 445 g/mol. The van der Waals surface area contributed by atoms with Gasteiger partial charge in [-0.2, -0.15) is 5.10 Å².